The van der Waals surface area contributed by atoms with Gasteiger partial charge >= 0.3 is 11.9 Å². The zero-order valence-corrected chi connectivity index (χ0v) is 13.9. The molecule has 26 heavy (non-hydrogen) atoms. The highest BCUT2D eigenvalue weighted by atomic mass is 16.6. The van der Waals surface area contributed by atoms with Crippen LogP contribution in [0.4, 0.5) is 0 Å². The molecule has 0 spiro atoms. The lowest BCUT2D eigenvalue weighted by Crippen LogP contribution is -2.57. The summed E-state index contributed by atoms with van der Waals surface area (Å²) in [7, 11) is 1.06. The Balaban J connectivity index is 2.07. The molecule has 0 aliphatic heterocycles. The summed E-state index contributed by atoms with van der Waals surface area (Å²) in [6.45, 7) is 0. The fourth-order valence-electron chi connectivity index (χ4n) is 2.72. The Hall–Kier alpha value is -2.62. The van der Waals surface area contributed by atoms with Crippen LogP contribution < -0.4 is 0 Å². The zero-order chi connectivity index (χ0) is 19.5. The highest BCUT2D eigenvalue weighted by molar-refractivity contribution is 5.87. The number of aromatic hydroxyl groups is 2. The Kier molecular flexibility index (Phi) is 5.86. The molecule has 2 rings (SSSR count). The number of aliphatic hydroxyl groups is 3. The average molecular weight is 368 g/mol. The van der Waals surface area contributed by atoms with Crippen molar-refractivity contribution in [1.82, 2.24) is 0 Å². The Labute approximate surface area is 148 Å². The first-order chi connectivity index (χ1) is 12.2. The van der Waals surface area contributed by atoms with Gasteiger partial charge in [0.2, 0.25) is 0 Å². The van der Waals surface area contributed by atoms with Crippen molar-refractivity contribution in [3.8, 4) is 11.5 Å². The van der Waals surface area contributed by atoms with E-state index in [4.69, 9.17) is 4.74 Å². The minimum Gasteiger partial charge on any atom is -0.504 e. The van der Waals surface area contributed by atoms with Crippen LogP contribution in [0.25, 0.3) is 6.08 Å². The van der Waals surface area contributed by atoms with Gasteiger partial charge in [0.05, 0.1) is 13.2 Å². The van der Waals surface area contributed by atoms with Gasteiger partial charge in [-0.2, -0.15) is 0 Å². The van der Waals surface area contributed by atoms with Gasteiger partial charge in [-0.15, -0.1) is 0 Å². The second kappa shape index (κ2) is 7.73. The first-order valence-electron chi connectivity index (χ1n) is 7.74. The summed E-state index contributed by atoms with van der Waals surface area (Å²) in [4.78, 5) is 23.6. The van der Waals surface area contributed by atoms with Crippen LogP contribution in [0.2, 0.25) is 0 Å². The van der Waals surface area contributed by atoms with Gasteiger partial charge in [0.15, 0.2) is 17.1 Å². The van der Waals surface area contributed by atoms with E-state index >= 15 is 0 Å². The molecule has 142 valence electrons. The van der Waals surface area contributed by atoms with Crippen molar-refractivity contribution < 1.29 is 44.6 Å². The Morgan fingerprint density at radius 2 is 1.88 bits per heavy atom. The highest BCUT2D eigenvalue weighted by Gasteiger charge is 2.50. The van der Waals surface area contributed by atoms with Crippen molar-refractivity contribution in [1.29, 1.82) is 0 Å². The third-order valence-electron chi connectivity index (χ3n) is 4.11. The van der Waals surface area contributed by atoms with Crippen LogP contribution in [0.3, 0.4) is 0 Å². The molecule has 1 saturated carbocycles. The molecular formula is C17H20O9. The molecule has 1 aliphatic carbocycles. The molecule has 0 radical (unpaired) electrons. The normalized spacial score (nSPS) is 28.7. The Bertz CT molecular complexity index is 714. The summed E-state index contributed by atoms with van der Waals surface area (Å²) in [6, 6.07) is 3.89. The quantitative estimate of drug-likeness (QED) is 0.267. The predicted molar refractivity (Wildman–Crippen MR) is 86.9 cm³/mol. The van der Waals surface area contributed by atoms with Crippen LogP contribution >= 0.6 is 0 Å². The van der Waals surface area contributed by atoms with E-state index in [1.807, 2.05) is 0 Å². The number of hydrogen-bond acceptors (Lipinski definition) is 9. The van der Waals surface area contributed by atoms with E-state index in [1.165, 1.54) is 24.3 Å². The summed E-state index contributed by atoms with van der Waals surface area (Å²) in [5.41, 5.74) is -1.68. The SMILES string of the molecule is COC(=O)[C@@]1(O)CC(OC(=O)/C=C/c2ccc(O)c(O)c2)[C@H](O)[C@H](O)C1. The monoisotopic (exact) mass is 368 g/mol. The van der Waals surface area contributed by atoms with Crippen molar-refractivity contribution in [2.24, 2.45) is 0 Å². The number of carbonyl (C=O) groups excluding carboxylic acids is 2. The van der Waals surface area contributed by atoms with E-state index in [0.29, 0.717) is 5.56 Å². The first kappa shape index (κ1) is 19.7. The van der Waals surface area contributed by atoms with Crippen molar-refractivity contribution >= 4 is 18.0 Å². The van der Waals surface area contributed by atoms with E-state index in [-0.39, 0.29) is 11.5 Å². The molecule has 1 fully saturated rings. The van der Waals surface area contributed by atoms with Gasteiger partial charge in [0.25, 0.3) is 0 Å². The Morgan fingerprint density at radius 1 is 1.19 bits per heavy atom. The lowest BCUT2D eigenvalue weighted by molar-refractivity contribution is -0.198. The van der Waals surface area contributed by atoms with Crippen molar-refractivity contribution in [3.05, 3.63) is 29.8 Å². The molecule has 0 aromatic heterocycles. The summed E-state index contributed by atoms with van der Waals surface area (Å²) in [5, 5.41) is 48.7. The van der Waals surface area contributed by atoms with Crippen LogP contribution in [0.15, 0.2) is 24.3 Å². The minimum absolute atomic E-state index is 0.314. The number of aliphatic hydroxyl groups excluding tert-OH is 2. The molecule has 4 atom stereocenters. The number of methoxy groups -OCH3 is 1. The van der Waals surface area contributed by atoms with E-state index in [2.05, 4.69) is 4.74 Å². The molecule has 1 aromatic rings. The minimum atomic E-state index is -2.08. The van der Waals surface area contributed by atoms with E-state index < -0.39 is 48.7 Å². The van der Waals surface area contributed by atoms with E-state index in [9.17, 15) is 35.1 Å². The number of rotatable bonds is 4. The molecule has 0 amide bonds. The van der Waals surface area contributed by atoms with Crippen LogP contribution in [-0.4, -0.2) is 68.5 Å². The van der Waals surface area contributed by atoms with Crippen LogP contribution in [0.1, 0.15) is 18.4 Å². The molecular weight excluding hydrogens is 348 g/mol. The van der Waals surface area contributed by atoms with Gasteiger partial charge in [-0.3, -0.25) is 0 Å². The van der Waals surface area contributed by atoms with Crippen LogP contribution in [-0.2, 0) is 19.1 Å². The lowest BCUT2D eigenvalue weighted by Gasteiger charge is -2.39. The molecule has 1 aromatic carbocycles. The number of benzene rings is 1. The number of phenolic OH excluding ortho intramolecular Hbond substituents is 2. The number of carbonyl (C=O) groups is 2. The summed E-state index contributed by atoms with van der Waals surface area (Å²) < 4.78 is 9.50. The van der Waals surface area contributed by atoms with Gasteiger partial charge in [0, 0.05) is 18.9 Å². The molecule has 9 nitrogen and oxygen atoms in total. The van der Waals surface area contributed by atoms with Gasteiger partial charge in [-0.05, 0) is 23.8 Å². The van der Waals surface area contributed by atoms with Crippen molar-refractivity contribution in [2.75, 3.05) is 7.11 Å². The maximum absolute atomic E-state index is 11.9. The van der Waals surface area contributed by atoms with Gasteiger partial charge < -0.3 is 35.0 Å². The van der Waals surface area contributed by atoms with E-state index in [1.54, 1.807) is 0 Å². The number of hydrogen-bond donors (Lipinski definition) is 5. The largest absolute Gasteiger partial charge is 0.504 e. The molecule has 9 heteroatoms. The molecule has 1 unspecified atom stereocenters. The van der Waals surface area contributed by atoms with E-state index in [0.717, 1.165) is 13.2 Å². The number of ether oxygens (including phenoxy) is 2. The lowest BCUT2D eigenvalue weighted by atomic mass is 9.79. The second-order valence-corrected chi connectivity index (χ2v) is 6.05. The molecule has 0 heterocycles. The standard InChI is InChI=1S/C17H20O9/c1-25-16(23)17(24)7-12(20)15(22)13(8-17)26-14(21)5-3-9-2-4-10(18)11(19)6-9/h2-6,12-13,15,18-20,22,24H,7-8H2,1H3/b5-3+/t12-,13?,15-,17+/m1/s1. The van der Waals surface area contributed by atoms with Gasteiger partial charge in [0.1, 0.15) is 12.2 Å². The molecule has 1 aliphatic rings. The summed E-state index contributed by atoms with van der Waals surface area (Å²) >= 11 is 0. The van der Waals surface area contributed by atoms with Crippen LogP contribution in [0, 0.1) is 0 Å². The molecule has 5 N–H and O–H groups in total. The fourth-order valence-corrected chi connectivity index (χ4v) is 2.72. The Morgan fingerprint density at radius 3 is 2.50 bits per heavy atom. The first-order valence-corrected chi connectivity index (χ1v) is 7.74. The van der Waals surface area contributed by atoms with Crippen molar-refractivity contribution in [2.45, 2.75) is 36.8 Å². The smallest absolute Gasteiger partial charge is 0.338 e. The summed E-state index contributed by atoms with van der Waals surface area (Å²) in [5.74, 6) is -2.58. The molecule has 0 saturated heterocycles. The highest BCUT2D eigenvalue weighted by Crippen LogP contribution is 2.32. The number of esters is 2. The van der Waals surface area contributed by atoms with Gasteiger partial charge in [-0.25, -0.2) is 9.59 Å². The average Bonchev–Trinajstić information content (AvgIpc) is 2.59. The predicted octanol–water partition coefficient (Wildman–Crippen LogP) is -0.558. The molecule has 0 bridgehead atoms. The second-order valence-electron chi connectivity index (χ2n) is 6.05. The summed E-state index contributed by atoms with van der Waals surface area (Å²) in [6.07, 6.45) is -2.88. The zero-order valence-electron chi connectivity index (χ0n) is 13.9. The number of phenols is 2. The van der Waals surface area contributed by atoms with Crippen molar-refractivity contribution in [3.63, 3.8) is 0 Å². The third-order valence-corrected chi connectivity index (χ3v) is 4.11. The third kappa shape index (κ3) is 4.31. The maximum atomic E-state index is 11.9. The maximum Gasteiger partial charge on any atom is 0.338 e. The fraction of sp³-hybridized carbons (Fsp3) is 0.412. The topological polar surface area (TPSA) is 154 Å². The van der Waals surface area contributed by atoms with Gasteiger partial charge in [-0.1, -0.05) is 6.07 Å². The van der Waals surface area contributed by atoms with Crippen LogP contribution in [0.5, 0.6) is 11.5 Å².